The van der Waals surface area contributed by atoms with Gasteiger partial charge < -0.3 is 18.9 Å². The third kappa shape index (κ3) is 5.96. The van der Waals surface area contributed by atoms with E-state index >= 15 is 0 Å². The summed E-state index contributed by atoms with van der Waals surface area (Å²) in [6.07, 6.45) is -3.96. The summed E-state index contributed by atoms with van der Waals surface area (Å²) in [5.74, 6) is -1.90. The van der Waals surface area contributed by atoms with Crippen molar-refractivity contribution in [2.45, 2.75) is 36.4 Å². The second kappa shape index (κ2) is 11.3. The zero-order chi connectivity index (χ0) is 24.8. The molecule has 180 valence electrons. The van der Waals surface area contributed by atoms with E-state index in [-0.39, 0.29) is 0 Å². The van der Waals surface area contributed by atoms with Crippen LogP contribution >= 0.6 is 15.9 Å². The van der Waals surface area contributed by atoms with Gasteiger partial charge in [0.25, 0.3) is 0 Å². The number of carbonyl (C=O) groups is 3. The Kier molecular flexibility index (Phi) is 7.94. The molecule has 3 aromatic carbocycles. The van der Waals surface area contributed by atoms with Gasteiger partial charge in [0.1, 0.15) is 0 Å². The molecule has 1 aliphatic rings. The predicted octanol–water partition coefficient (Wildman–Crippen LogP) is 4.80. The zero-order valence-corrected chi connectivity index (χ0v) is 20.4. The minimum atomic E-state index is -1.14. The number of carbonyl (C=O) groups excluding carboxylic acids is 3. The van der Waals surface area contributed by atoms with Gasteiger partial charge >= 0.3 is 17.9 Å². The summed E-state index contributed by atoms with van der Waals surface area (Å²) >= 11 is 3.39. The highest BCUT2D eigenvalue weighted by molar-refractivity contribution is 9.09. The Hall–Kier alpha value is -3.49. The molecule has 7 nitrogen and oxygen atoms in total. The van der Waals surface area contributed by atoms with E-state index in [4.69, 9.17) is 18.9 Å². The van der Waals surface area contributed by atoms with Crippen LogP contribution < -0.4 is 0 Å². The van der Waals surface area contributed by atoms with E-state index in [1.165, 1.54) is 0 Å². The normalized spacial score (nSPS) is 23.7. The maximum absolute atomic E-state index is 13.0. The van der Waals surface area contributed by atoms with E-state index < -0.39 is 47.3 Å². The van der Waals surface area contributed by atoms with E-state index in [9.17, 15) is 14.4 Å². The Labute approximate surface area is 211 Å². The monoisotopic (exact) mass is 538 g/mol. The molecule has 0 aliphatic carbocycles. The molecule has 1 heterocycles. The van der Waals surface area contributed by atoms with Crippen molar-refractivity contribution in [1.82, 2.24) is 0 Å². The van der Waals surface area contributed by atoms with Crippen LogP contribution in [-0.4, -0.2) is 47.3 Å². The van der Waals surface area contributed by atoms with Crippen LogP contribution in [0.2, 0.25) is 0 Å². The molecule has 1 unspecified atom stereocenters. The fraction of sp³-hybridized carbons (Fsp3) is 0.222. The summed E-state index contributed by atoms with van der Waals surface area (Å²) in [4.78, 5) is 38.7. The molecule has 35 heavy (non-hydrogen) atoms. The van der Waals surface area contributed by atoms with Gasteiger partial charge in [0.05, 0.1) is 22.8 Å². The molecule has 1 aliphatic heterocycles. The summed E-state index contributed by atoms with van der Waals surface area (Å²) in [6, 6.07) is 25.2. The lowest BCUT2D eigenvalue weighted by atomic mass is 9.99. The predicted molar refractivity (Wildman–Crippen MR) is 130 cm³/mol. The molecule has 5 atom stereocenters. The van der Waals surface area contributed by atoms with E-state index in [0.717, 1.165) is 0 Å². The van der Waals surface area contributed by atoms with Crippen LogP contribution in [0.3, 0.4) is 0 Å². The van der Waals surface area contributed by atoms with E-state index in [1.54, 1.807) is 97.9 Å². The fourth-order valence-electron chi connectivity index (χ4n) is 3.68. The molecule has 0 amide bonds. The van der Waals surface area contributed by atoms with Gasteiger partial charge in [-0.3, -0.25) is 0 Å². The summed E-state index contributed by atoms with van der Waals surface area (Å²) in [5.41, 5.74) is 0.947. The lowest BCUT2D eigenvalue weighted by Gasteiger charge is -2.42. The average Bonchev–Trinajstić information content (AvgIpc) is 2.89. The highest BCUT2D eigenvalue weighted by Crippen LogP contribution is 2.32. The van der Waals surface area contributed by atoms with Crippen molar-refractivity contribution in [3.05, 3.63) is 108 Å². The SMILES string of the molecule is C[C@@H]1OC(Br)[C@@H](OC(=O)c2ccccc2)[C@@H](OC(=O)c2ccccc2)[C@@H]1OC(=O)c1ccccc1. The molecule has 4 rings (SSSR count). The summed E-state index contributed by atoms with van der Waals surface area (Å²) < 4.78 is 23.2. The van der Waals surface area contributed by atoms with Gasteiger partial charge in [0.15, 0.2) is 23.3 Å². The minimum absolute atomic E-state index is 0.305. The Balaban J connectivity index is 1.63. The number of benzene rings is 3. The molecular formula is C27H23BrO7. The number of hydrogen-bond donors (Lipinski definition) is 0. The van der Waals surface area contributed by atoms with Crippen molar-refractivity contribution in [2.75, 3.05) is 0 Å². The van der Waals surface area contributed by atoms with Gasteiger partial charge in [-0.05, 0) is 43.3 Å². The smallest absolute Gasteiger partial charge is 0.338 e. The number of hydrogen-bond acceptors (Lipinski definition) is 7. The largest absolute Gasteiger partial charge is 0.452 e. The third-order valence-electron chi connectivity index (χ3n) is 5.47. The van der Waals surface area contributed by atoms with Crippen molar-refractivity contribution in [1.29, 1.82) is 0 Å². The highest BCUT2D eigenvalue weighted by atomic mass is 79.9. The lowest BCUT2D eigenvalue weighted by molar-refractivity contribution is -0.193. The minimum Gasteiger partial charge on any atom is -0.452 e. The zero-order valence-electron chi connectivity index (χ0n) is 18.8. The Morgan fingerprint density at radius 3 is 1.34 bits per heavy atom. The molecule has 0 aromatic heterocycles. The van der Waals surface area contributed by atoms with Crippen molar-refractivity contribution in [3.8, 4) is 0 Å². The Morgan fingerprint density at radius 2 is 0.943 bits per heavy atom. The molecule has 3 aromatic rings. The molecule has 0 radical (unpaired) electrons. The standard InChI is InChI=1S/C27H23BrO7/c1-17-21(33-25(29)18-11-5-2-6-12-18)22(34-26(30)19-13-7-3-8-14-19)23(24(28)32-17)35-27(31)20-15-9-4-10-16-20/h2-17,21-24H,1H3/t17-,21+,22-,23-,24?/m0/s1. The van der Waals surface area contributed by atoms with E-state index in [0.29, 0.717) is 16.7 Å². The number of ether oxygens (including phenoxy) is 4. The summed E-state index contributed by atoms with van der Waals surface area (Å²) in [6.45, 7) is 1.69. The van der Waals surface area contributed by atoms with Crippen LogP contribution in [0.1, 0.15) is 38.0 Å². The van der Waals surface area contributed by atoms with Gasteiger partial charge in [-0.2, -0.15) is 0 Å². The molecular weight excluding hydrogens is 516 g/mol. The quantitative estimate of drug-likeness (QED) is 0.253. The van der Waals surface area contributed by atoms with Crippen molar-refractivity contribution < 1.29 is 33.3 Å². The van der Waals surface area contributed by atoms with Crippen LogP contribution in [0, 0.1) is 0 Å². The molecule has 1 fully saturated rings. The number of rotatable bonds is 6. The van der Waals surface area contributed by atoms with Crippen LogP contribution in [0.5, 0.6) is 0 Å². The van der Waals surface area contributed by atoms with Crippen molar-refractivity contribution in [3.63, 3.8) is 0 Å². The molecule has 0 spiro atoms. The first-order valence-electron chi connectivity index (χ1n) is 11.0. The Morgan fingerprint density at radius 1 is 0.600 bits per heavy atom. The first kappa shape index (κ1) is 24.6. The maximum Gasteiger partial charge on any atom is 0.338 e. The second-order valence-corrected chi connectivity index (χ2v) is 8.80. The topological polar surface area (TPSA) is 88.1 Å². The first-order chi connectivity index (χ1) is 16.9. The number of halogens is 1. The fourth-order valence-corrected chi connectivity index (χ4v) is 4.43. The number of esters is 3. The highest BCUT2D eigenvalue weighted by Gasteiger charge is 2.50. The number of alkyl halides is 1. The second-order valence-electron chi connectivity index (χ2n) is 7.90. The van der Waals surface area contributed by atoms with E-state index in [2.05, 4.69) is 15.9 Å². The molecule has 0 saturated carbocycles. The van der Waals surface area contributed by atoms with Gasteiger partial charge in [-0.25, -0.2) is 14.4 Å². The summed E-state index contributed by atoms with van der Waals surface area (Å²) in [7, 11) is 0. The first-order valence-corrected chi connectivity index (χ1v) is 11.9. The average molecular weight is 539 g/mol. The van der Waals surface area contributed by atoms with Crippen molar-refractivity contribution in [2.24, 2.45) is 0 Å². The van der Waals surface area contributed by atoms with Crippen LogP contribution in [-0.2, 0) is 18.9 Å². The van der Waals surface area contributed by atoms with Crippen LogP contribution in [0.4, 0.5) is 0 Å². The molecule has 0 N–H and O–H groups in total. The van der Waals surface area contributed by atoms with Gasteiger partial charge in [0.2, 0.25) is 0 Å². The van der Waals surface area contributed by atoms with Crippen LogP contribution in [0.25, 0.3) is 0 Å². The maximum atomic E-state index is 13.0. The molecule has 1 saturated heterocycles. The Bertz CT molecular complexity index is 1090. The van der Waals surface area contributed by atoms with Gasteiger partial charge in [-0.1, -0.05) is 70.5 Å². The van der Waals surface area contributed by atoms with Crippen molar-refractivity contribution >= 4 is 33.8 Å². The van der Waals surface area contributed by atoms with Gasteiger partial charge in [-0.15, -0.1) is 0 Å². The van der Waals surface area contributed by atoms with E-state index in [1.807, 2.05) is 0 Å². The van der Waals surface area contributed by atoms with Gasteiger partial charge in [0, 0.05) is 0 Å². The summed E-state index contributed by atoms with van der Waals surface area (Å²) in [5, 5.41) is -0.814. The third-order valence-corrected chi connectivity index (χ3v) is 6.21. The molecule has 0 bridgehead atoms. The van der Waals surface area contributed by atoms with Crippen LogP contribution in [0.15, 0.2) is 91.0 Å². The lowest BCUT2D eigenvalue weighted by Crippen LogP contribution is -2.59. The molecule has 8 heteroatoms.